The molecular weight excluding hydrogens is 330 g/mol. The van der Waals surface area contributed by atoms with Gasteiger partial charge in [-0.25, -0.2) is 0 Å². The molecule has 0 saturated carbocycles. The molecule has 3 N–H and O–H groups in total. The SMILES string of the molecule is CCN(CC)CCOc1ccccc1NC(=O)c1n[nH]c2c1CNCC2. The molecule has 0 unspecified atom stereocenters. The van der Waals surface area contributed by atoms with Crippen LogP contribution in [0.15, 0.2) is 24.3 Å². The number of anilines is 1. The summed E-state index contributed by atoms with van der Waals surface area (Å²) in [7, 11) is 0. The average molecular weight is 357 g/mol. The van der Waals surface area contributed by atoms with Crippen molar-refractivity contribution in [3.63, 3.8) is 0 Å². The van der Waals surface area contributed by atoms with Crippen LogP contribution in [0.2, 0.25) is 0 Å². The minimum Gasteiger partial charge on any atom is -0.490 e. The molecular formula is C19H27N5O2. The summed E-state index contributed by atoms with van der Waals surface area (Å²) in [5, 5.41) is 13.4. The van der Waals surface area contributed by atoms with Gasteiger partial charge >= 0.3 is 0 Å². The second-order valence-electron chi connectivity index (χ2n) is 6.28. The summed E-state index contributed by atoms with van der Waals surface area (Å²) in [6, 6.07) is 7.51. The third-order valence-electron chi connectivity index (χ3n) is 4.72. The molecule has 0 bridgehead atoms. The van der Waals surface area contributed by atoms with Crippen LogP contribution in [0.1, 0.15) is 35.6 Å². The minimum absolute atomic E-state index is 0.217. The van der Waals surface area contributed by atoms with Crippen LogP contribution >= 0.6 is 0 Å². The van der Waals surface area contributed by atoms with Crippen molar-refractivity contribution in [2.75, 3.05) is 38.1 Å². The Morgan fingerprint density at radius 3 is 2.92 bits per heavy atom. The molecule has 0 fully saturated rings. The van der Waals surface area contributed by atoms with Crippen molar-refractivity contribution in [1.82, 2.24) is 20.4 Å². The van der Waals surface area contributed by atoms with Crippen molar-refractivity contribution in [2.24, 2.45) is 0 Å². The van der Waals surface area contributed by atoms with Crippen LogP contribution in [-0.2, 0) is 13.0 Å². The number of carbonyl (C=O) groups is 1. The van der Waals surface area contributed by atoms with Gasteiger partial charge in [-0.1, -0.05) is 26.0 Å². The fourth-order valence-electron chi connectivity index (χ4n) is 3.11. The zero-order valence-corrected chi connectivity index (χ0v) is 15.5. The lowest BCUT2D eigenvalue weighted by Gasteiger charge is -2.19. The molecule has 3 rings (SSSR count). The molecule has 2 heterocycles. The van der Waals surface area contributed by atoms with E-state index in [1.165, 1.54) is 0 Å². The summed E-state index contributed by atoms with van der Waals surface area (Å²) in [6.45, 7) is 9.27. The molecule has 140 valence electrons. The van der Waals surface area contributed by atoms with Gasteiger partial charge in [0, 0.05) is 37.3 Å². The first-order valence-electron chi connectivity index (χ1n) is 9.25. The molecule has 7 heteroatoms. The largest absolute Gasteiger partial charge is 0.490 e. The van der Waals surface area contributed by atoms with Crippen LogP contribution in [0, 0.1) is 0 Å². The molecule has 0 aliphatic carbocycles. The molecule has 1 amide bonds. The number of nitrogens with zero attached hydrogens (tertiary/aromatic N) is 2. The van der Waals surface area contributed by atoms with E-state index >= 15 is 0 Å². The van der Waals surface area contributed by atoms with Gasteiger partial charge < -0.3 is 20.3 Å². The first-order valence-corrected chi connectivity index (χ1v) is 9.25. The maximum Gasteiger partial charge on any atom is 0.276 e. The third-order valence-corrected chi connectivity index (χ3v) is 4.72. The summed E-state index contributed by atoms with van der Waals surface area (Å²) in [4.78, 5) is 15.0. The molecule has 1 aromatic heterocycles. The standard InChI is InChI=1S/C19H27N5O2/c1-3-24(4-2)11-12-26-17-8-6-5-7-16(17)21-19(25)18-14-13-20-10-9-15(14)22-23-18/h5-8,20H,3-4,9-13H2,1-2H3,(H,21,25)(H,22,23). The molecule has 2 aromatic rings. The average Bonchev–Trinajstić information content (AvgIpc) is 3.11. The second-order valence-corrected chi connectivity index (χ2v) is 6.28. The number of fused-ring (bicyclic) bond motifs is 1. The zero-order valence-electron chi connectivity index (χ0n) is 15.5. The van der Waals surface area contributed by atoms with E-state index in [-0.39, 0.29) is 5.91 Å². The number of ether oxygens (including phenoxy) is 1. The molecule has 26 heavy (non-hydrogen) atoms. The van der Waals surface area contributed by atoms with Crippen molar-refractivity contribution in [3.8, 4) is 5.75 Å². The Morgan fingerprint density at radius 1 is 1.31 bits per heavy atom. The number of carbonyl (C=O) groups excluding carboxylic acids is 1. The molecule has 1 aliphatic rings. The molecule has 0 spiro atoms. The predicted molar refractivity (Wildman–Crippen MR) is 102 cm³/mol. The highest BCUT2D eigenvalue weighted by atomic mass is 16.5. The number of nitrogens with one attached hydrogen (secondary N) is 3. The monoisotopic (exact) mass is 357 g/mol. The Labute approximate surface area is 154 Å². The Balaban J connectivity index is 1.66. The summed E-state index contributed by atoms with van der Waals surface area (Å²) in [6.07, 6.45) is 0.862. The van der Waals surface area contributed by atoms with E-state index in [0.29, 0.717) is 30.3 Å². The molecule has 1 aromatic carbocycles. The molecule has 1 aliphatic heterocycles. The fraction of sp³-hybridized carbons (Fsp3) is 0.474. The van der Waals surface area contributed by atoms with E-state index < -0.39 is 0 Å². The van der Waals surface area contributed by atoms with Gasteiger partial charge in [0.15, 0.2) is 5.69 Å². The van der Waals surface area contributed by atoms with Crippen LogP contribution in [0.5, 0.6) is 5.75 Å². The Morgan fingerprint density at radius 2 is 2.12 bits per heavy atom. The smallest absolute Gasteiger partial charge is 0.276 e. The summed E-state index contributed by atoms with van der Waals surface area (Å²) in [5.41, 5.74) is 3.11. The van der Waals surface area contributed by atoms with E-state index in [0.717, 1.165) is 43.9 Å². The molecule has 7 nitrogen and oxygen atoms in total. The maximum atomic E-state index is 12.7. The van der Waals surface area contributed by atoms with E-state index in [1.54, 1.807) is 0 Å². The lowest BCUT2D eigenvalue weighted by Crippen LogP contribution is -2.28. The van der Waals surface area contributed by atoms with Crippen LogP contribution < -0.4 is 15.4 Å². The van der Waals surface area contributed by atoms with Gasteiger partial charge in [0.25, 0.3) is 5.91 Å². The van der Waals surface area contributed by atoms with Gasteiger partial charge in [-0.15, -0.1) is 0 Å². The molecule has 0 saturated heterocycles. The number of aromatic nitrogens is 2. The summed E-state index contributed by atoms with van der Waals surface area (Å²) < 4.78 is 5.91. The number of amides is 1. The number of aromatic amines is 1. The van der Waals surface area contributed by atoms with Crippen LogP contribution in [-0.4, -0.2) is 53.8 Å². The van der Waals surface area contributed by atoms with Gasteiger partial charge in [-0.2, -0.15) is 5.10 Å². The number of para-hydroxylation sites is 2. The second kappa shape index (κ2) is 8.82. The van der Waals surface area contributed by atoms with Gasteiger partial charge in [-0.05, 0) is 25.2 Å². The topological polar surface area (TPSA) is 82.3 Å². The minimum atomic E-state index is -0.217. The van der Waals surface area contributed by atoms with Crippen molar-refractivity contribution in [2.45, 2.75) is 26.8 Å². The van der Waals surface area contributed by atoms with Crippen molar-refractivity contribution < 1.29 is 9.53 Å². The first kappa shape index (κ1) is 18.4. The quantitative estimate of drug-likeness (QED) is 0.673. The Hall–Kier alpha value is -2.38. The van der Waals surface area contributed by atoms with Gasteiger partial charge in [0.1, 0.15) is 12.4 Å². The highest BCUT2D eigenvalue weighted by Gasteiger charge is 2.22. The van der Waals surface area contributed by atoms with Crippen LogP contribution in [0.4, 0.5) is 5.69 Å². The number of hydrogen-bond acceptors (Lipinski definition) is 5. The number of likely N-dealkylation sites (N-methyl/N-ethyl adjacent to an activating group) is 1. The Bertz CT molecular complexity index is 739. The predicted octanol–water partition coefficient (Wildman–Crippen LogP) is 2.03. The lowest BCUT2D eigenvalue weighted by atomic mass is 10.1. The normalized spacial score (nSPS) is 13.5. The van der Waals surface area contributed by atoms with Gasteiger partial charge in [0.2, 0.25) is 0 Å². The Kier molecular flexibility index (Phi) is 6.25. The summed E-state index contributed by atoms with van der Waals surface area (Å²) >= 11 is 0. The van der Waals surface area contributed by atoms with Crippen LogP contribution in [0.25, 0.3) is 0 Å². The van der Waals surface area contributed by atoms with E-state index in [2.05, 4.69) is 39.6 Å². The number of H-pyrrole nitrogens is 1. The van der Waals surface area contributed by atoms with Crippen molar-refractivity contribution in [3.05, 3.63) is 41.2 Å². The number of hydrogen-bond donors (Lipinski definition) is 3. The third kappa shape index (κ3) is 4.23. The molecule has 0 radical (unpaired) electrons. The maximum absolute atomic E-state index is 12.7. The first-order chi connectivity index (χ1) is 12.7. The highest BCUT2D eigenvalue weighted by molar-refractivity contribution is 6.04. The van der Waals surface area contributed by atoms with E-state index in [9.17, 15) is 4.79 Å². The summed E-state index contributed by atoms with van der Waals surface area (Å²) in [5.74, 6) is 0.460. The highest BCUT2D eigenvalue weighted by Crippen LogP contribution is 2.25. The van der Waals surface area contributed by atoms with Crippen molar-refractivity contribution >= 4 is 11.6 Å². The zero-order chi connectivity index (χ0) is 18.4. The number of rotatable bonds is 8. The number of benzene rings is 1. The van der Waals surface area contributed by atoms with Gasteiger partial charge in [0.05, 0.1) is 5.69 Å². The van der Waals surface area contributed by atoms with E-state index in [4.69, 9.17) is 4.74 Å². The molecule has 0 atom stereocenters. The fourth-order valence-corrected chi connectivity index (χ4v) is 3.11. The van der Waals surface area contributed by atoms with E-state index in [1.807, 2.05) is 24.3 Å². The van der Waals surface area contributed by atoms with Crippen LogP contribution in [0.3, 0.4) is 0 Å². The van der Waals surface area contributed by atoms with Crippen molar-refractivity contribution in [1.29, 1.82) is 0 Å². The van der Waals surface area contributed by atoms with Gasteiger partial charge in [-0.3, -0.25) is 9.89 Å². The lowest BCUT2D eigenvalue weighted by molar-refractivity contribution is 0.102.